The van der Waals surface area contributed by atoms with E-state index >= 15 is 0 Å². The summed E-state index contributed by atoms with van der Waals surface area (Å²) in [6, 6.07) is 7.52. The molecule has 25 heavy (non-hydrogen) atoms. The maximum atomic E-state index is 13.4. The molecule has 2 N–H and O–H groups in total. The molecule has 0 unspecified atom stereocenters. The minimum Gasteiger partial charge on any atom is -0.347 e. The second-order valence-electron chi connectivity index (χ2n) is 5.14. The van der Waals surface area contributed by atoms with Gasteiger partial charge in [-0.3, -0.25) is 9.59 Å². The summed E-state index contributed by atoms with van der Waals surface area (Å²) in [6.07, 6.45) is 0.103. The van der Waals surface area contributed by atoms with Crippen molar-refractivity contribution in [2.45, 2.75) is 12.8 Å². The van der Waals surface area contributed by atoms with E-state index in [9.17, 15) is 27.2 Å². The van der Waals surface area contributed by atoms with Gasteiger partial charge < -0.3 is 10.6 Å². The highest BCUT2D eigenvalue weighted by atomic mass is 19.2. The van der Waals surface area contributed by atoms with E-state index in [0.717, 1.165) is 6.07 Å². The second kappa shape index (κ2) is 8.27. The molecule has 0 aliphatic carbocycles. The molecule has 2 amide bonds. The zero-order valence-electron chi connectivity index (χ0n) is 12.9. The average molecular weight is 354 g/mol. The normalized spacial score (nSPS) is 10.4. The first-order valence-electron chi connectivity index (χ1n) is 7.32. The summed E-state index contributed by atoms with van der Waals surface area (Å²) in [6.45, 7) is -0.492. The smallest absolute Gasteiger partial charge is 0.243 e. The molecule has 0 bridgehead atoms. The Morgan fingerprint density at radius 1 is 0.840 bits per heavy atom. The number of anilines is 1. The third-order valence-electron chi connectivity index (χ3n) is 3.33. The number of hydrogen-bond acceptors (Lipinski definition) is 2. The number of carbonyl (C=O) groups excluding carboxylic acids is 2. The lowest BCUT2D eigenvalue weighted by Gasteiger charge is -2.08. The van der Waals surface area contributed by atoms with Gasteiger partial charge in [0.25, 0.3) is 0 Å². The van der Waals surface area contributed by atoms with Crippen LogP contribution >= 0.6 is 0 Å². The van der Waals surface area contributed by atoms with Crippen LogP contribution in [-0.4, -0.2) is 18.4 Å². The third-order valence-corrected chi connectivity index (χ3v) is 3.33. The van der Waals surface area contributed by atoms with Crippen LogP contribution in [-0.2, 0) is 16.0 Å². The molecule has 0 heterocycles. The first-order chi connectivity index (χ1) is 11.9. The Hall–Kier alpha value is -2.90. The zero-order valence-corrected chi connectivity index (χ0v) is 12.9. The van der Waals surface area contributed by atoms with Crippen LogP contribution in [0.4, 0.5) is 23.2 Å². The van der Waals surface area contributed by atoms with Gasteiger partial charge in [0.1, 0.15) is 5.82 Å². The van der Waals surface area contributed by atoms with Gasteiger partial charge in [-0.1, -0.05) is 18.2 Å². The predicted molar refractivity (Wildman–Crippen MR) is 82.7 cm³/mol. The number of hydrogen-bond donors (Lipinski definition) is 2. The quantitative estimate of drug-likeness (QED) is 0.619. The van der Waals surface area contributed by atoms with Gasteiger partial charge in [0.2, 0.25) is 11.8 Å². The Labute approximate surface area is 140 Å². The lowest BCUT2D eigenvalue weighted by atomic mass is 10.1. The Morgan fingerprint density at radius 3 is 2.28 bits per heavy atom. The van der Waals surface area contributed by atoms with Gasteiger partial charge in [-0.15, -0.1) is 0 Å². The van der Waals surface area contributed by atoms with Crippen LogP contribution in [0.1, 0.15) is 12.0 Å². The number of aryl methyl sites for hydroxylation is 1. The molecule has 0 aliphatic rings. The summed E-state index contributed by atoms with van der Waals surface area (Å²) in [4.78, 5) is 23.3. The highest BCUT2D eigenvalue weighted by Gasteiger charge is 2.15. The number of carbonyl (C=O) groups is 2. The van der Waals surface area contributed by atoms with Gasteiger partial charge in [0.15, 0.2) is 17.5 Å². The molecule has 4 nitrogen and oxygen atoms in total. The number of halogens is 4. The Morgan fingerprint density at radius 2 is 1.56 bits per heavy atom. The molecule has 0 spiro atoms. The maximum Gasteiger partial charge on any atom is 0.243 e. The van der Waals surface area contributed by atoms with Crippen molar-refractivity contribution in [2.24, 2.45) is 0 Å². The SMILES string of the molecule is O=C(CCc1ccccc1F)NCC(=O)Nc1ccc(F)c(F)c1F. The summed E-state index contributed by atoms with van der Waals surface area (Å²) in [5.74, 6) is -6.36. The van der Waals surface area contributed by atoms with E-state index in [0.29, 0.717) is 11.6 Å². The van der Waals surface area contributed by atoms with Gasteiger partial charge >= 0.3 is 0 Å². The van der Waals surface area contributed by atoms with Gasteiger partial charge in [0.05, 0.1) is 12.2 Å². The van der Waals surface area contributed by atoms with Crippen LogP contribution in [0, 0.1) is 23.3 Å². The fourth-order valence-electron chi connectivity index (χ4n) is 2.03. The zero-order chi connectivity index (χ0) is 18.4. The van der Waals surface area contributed by atoms with E-state index in [1.807, 2.05) is 5.32 Å². The van der Waals surface area contributed by atoms with E-state index in [2.05, 4.69) is 5.32 Å². The molecule has 0 saturated heterocycles. The first-order valence-corrected chi connectivity index (χ1v) is 7.32. The van der Waals surface area contributed by atoms with Gasteiger partial charge in [-0.25, -0.2) is 17.6 Å². The first kappa shape index (κ1) is 18.4. The van der Waals surface area contributed by atoms with Crippen molar-refractivity contribution in [3.8, 4) is 0 Å². The number of nitrogens with one attached hydrogen (secondary N) is 2. The fourth-order valence-corrected chi connectivity index (χ4v) is 2.03. The van der Waals surface area contributed by atoms with Gasteiger partial charge in [-0.05, 0) is 30.2 Å². The molecule has 0 fully saturated rings. The van der Waals surface area contributed by atoms with Crippen LogP contribution in [0.2, 0.25) is 0 Å². The third kappa shape index (κ3) is 5.03. The van der Waals surface area contributed by atoms with Crippen molar-refractivity contribution in [1.82, 2.24) is 5.32 Å². The van der Waals surface area contributed by atoms with Gasteiger partial charge in [-0.2, -0.15) is 0 Å². The lowest BCUT2D eigenvalue weighted by Crippen LogP contribution is -2.33. The van der Waals surface area contributed by atoms with Crippen LogP contribution in [0.3, 0.4) is 0 Å². The number of amides is 2. The van der Waals surface area contributed by atoms with E-state index < -0.39 is 47.3 Å². The van der Waals surface area contributed by atoms with Crippen LogP contribution in [0.25, 0.3) is 0 Å². The summed E-state index contributed by atoms with van der Waals surface area (Å²) in [7, 11) is 0. The minimum atomic E-state index is -1.70. The monoisotopic (exact) mass is 354 g/mol. The van der Waals surface area contributed by atoms with E-state index in [-0.39, 0.29) is 12.8 Å². The van der Waals surface area contributed by atoms with Crippen LogP contribution in [0.5, 0.6) is 0 Å². The highest BCUT2D eigenvalue weighted by molar-refractivity contribution is 5.94. The summed E-state index contributed by atoms with van der Waals surface area (Å²) in [5.41, 5.74) is -0.171. The molecule has 0 aliphatic heterocycles. The summed E-state index contributed by atoms with van der Waals surface area (Å²) >= 11 is 0. The van der Waals surface area contributed by atoms with Crippen LogP contribution in [0.15, 0.2) is 36.4 Å². The minimum absolute atomic E-state index is 0.0479. The molecular formula is C17H14F4N2O2. The van der Waals surface area contributed by atoms with Crippen molar-refractivity contribution in [3.05, 3.63) is 65.2 Å². The van der Waals surface area contributed by atoms with Crippen molar-refractivity contribution < 1.29 is 27.2 Å². The molecule has 0 radical (unpaired) electrons. The number of rotatable bonds is 6. The summed E-state index contributed by atoms with van der Waals surface area (Å²) in [5, 5.41) is 4.30. The molecule has 0 atom stereocenters. The molecule has 0 aromatic heterocycles. The standard InChI is InChI=1S/C17H14F4N2O2/c18-11-4-2-1-3-10(11)5-8-14(24)22-9-15(25)23-13-7-6-12(19)16(20)17(13)21/h1-4,6-7H,5,8-9H2,(H,22,24)(H,23,25). The molecule has 2 aromatic rings. The Bertz CT molecular complexity index is 796. The van der Waals surface area contributed by atoms with Crippen molar-refractivity contribution in [2.75, 3.05) is 11.9 Å². The second-order valence-corrected chi connectivity index (χ2v) is 5.14. The highest BCUT2D eigenvalue weighted by Crippen LogP contribution is 2.19. The van der Waals surface area contributed by atoms with Crippen molar-refractivity contribution in [1.29, 1.82) is 0 Å². The topological polar surface area (TPSA) is 58.2 Å². The average Bonchev–Trinajstić information content (AvgIpc) is 2.60. The molecule has 132 valence electrons. The maximum absolute atomic E-state index is 13.4. The van der Waals surface area contributed by atoms with Gasteiger partial charge in [0, 0.05) is 6.42 Å². The molecule has 2 rings (SSSR count). The number of benzene rings is 2. The largest absolute Gasteiger partial charge is 0.347 e. The van der Waals surface area contributed by atoms with E-state index in [1.54, 1.807) is 12.1 Å². The lowest BCUT2D eigenvalue weighted by molar-refractivity contribution is -0.124. The molecule has 0 saturated carbocycles. The molecule has 2 aromatic carbocycles. The van der Waals surface area contributed by atoms with Crippen molar-refractivity contribution >= 4 is 17.5 Å². The summed E-state index contributed by atoms with van der Waals surface area (Å²) < 4.78 is 52.7. The van der Waals surface area contributed by atoms with Crippen molar-refractivity contribution in [3.63, 3.8) is 0 Å². The predicted octanol–water partition coefficient (Wildman–Crippen LogP) is 2.93. The Kier molecular flexibility index (Phi) is 6.10. The van der Waals surface area contributed by atoms with Crippen LogP contribution < -0.4 is 10.6 Å². The van der Waals surface area contributed by atoms with E-state index in [1.165, 1.54) is 12.1 Å². The molecule has 8 heteroatoms. The van der Waals surface area contributed by atoms with E-state index in [4.69, 9.17) is 0 Å². The molecular weight excluding hydrogens is 340 g/mol. The Balaban J connectivity index is 1.81. The fraction of sp³-hybridized carbons (Fsp3) is 0.176.